The van der Waals surface area contributed by atoms with E-state index in [1.165, 1.54) is 4.57 Å². The van der Waals surface area contributed by atoms with Crippen molar-refractivity contribution in [2.24, 2.45) is 0 Å². The minimum absolute atomic E-state index is 0.174. The summed E-state index contributed by atoms with van der Waals surface area (Å²) in [6.45, 7) is 3.77. The van der Waals surface area contributed by atoms with Crippen molar-refractivity contribution >= 4 is 28.4 Å². The van der Waals surface area contributed by atoms with Gasteiger partial charge in [0.05, 0.1) is 22.9 Å². The highest BCUT2D eigenvalue weighted by Crippen LogP contribution is 2.30. The van der Waals surface area contributed by atoms with Gasteiger partial charge in [0.15, 0.2) is 0 Å². The summed E-state index contributed by atoms with van der Waals surface area (Å²) in [7, 11) is 0. The second-order valence-corrected chi connectivity index (χ2v) is 5.53. The molecule has 3 atom stereocenters. The van der Waals surface area contributed by atoms with E-state index in [9.17, 15) is 9.90 Å². The van der Waals surface area contributed by atoms with Crippen LogP contribution in [0.4, 0.5) is 5.82 Å². The Morgan fingerprint density at radius 1 is 1.75 bits per heavy atom. The second-order valence-electron chi connectivity index (χ2n) is 4.37. The largest absolute Gasteiger partial charge is 0.394 e. The van der Waals surface area contributed by atoms with Gasteiger partial charge in [0.1, 0.15) is 18.1 Å². The van der Waals surface area contributed by atoms with Gasteiger partial charge in [0, 0.05) is 12.6 Å². The molecule has 0 aromatic carbocycles. The van der Waals surface area contributed by atoms with E-state index in [-0.39, 0.29) is 18.5 Å². The quantitative estimate of drug-likeness (QED) is 0.551. The average Bonchev–Trinajstić information content (AvgIpc) is 2.83. The molecule has 0 amide bonds. The van der Waals surface area contributed by atoms with Crippen molar-refractivity contribution in [3.63, 3.8) is 0 Å². The van der Waals surface area contributed by atoms with Crippen molar-refractivity contribution < 1.29 is 14.6 Å². The SMILES string of the molecule is C=CCO[C@H]1C[C@H](n2cc(I)c(N)nc2=O)O[C@@H]1CO. The highest BCUT2D eigenvalue weighted by molar-refractivity contribution is 14.1. The Labute approximate surface area is 129 Å². The van der Waals surface area contributed by atoms with Gasteiger partial charge in [-0.3, -0.25) is 4.57 Å². The molecule has 2 rings (SSSR count). The lowest BCUT2D eigenvalue weighted by Crippen LogP contribution is -2.29. The Balaban J connectivity index is 2.20. The predicted molar refractivity (Wildman–Crippen MR) is 81.2 cm³/mol. The minimum atomic E-state index is -0.518. The van der Waals surface area contributed by atoms with Gasteiger partial charge in [-0.05, 0) is 22.6 Å². The van der Waals surface area contributed by atoms with Gasteiger partial charge in [-0.15, -0.1) is 6.58 Å². The molecule has 110 valence electrons. The first kappa shape index (κ1) is 15.4. The molecule has 0 bridgehead atoms. The van der Waals surface area contributed by atoms with Gasteiger partial charge >= 0.3 is 5.69 Å². The van der Waals surface area contributed by atoms with E-state index in [2.05, 4.69) is 11.6 Å². The first-order chi connectivity index (χ1) is 9.56. The second kappa shape index (κ2) is 6.66. The van der Waals surface area contributed by atoms with Crippen molar-refractivity contribution in [1.82, 2.24) is 9.55 Å². The van der Waals surface area contributed by atoms with Crippen LogP contribution in [-0.2, 0) is 9.47 Å². The van der Waals surface area contributed by atoms with Crippen LogP contribution in [0, 0.1) is 3.57 Å². The number of ether oxygens (including phenoxy) is 2. The van der Waals surface area contributed by atoms with Crippen LogP contribution in [0.25, 0.3) is 0 Å². The Morgan fingerprint density at radius 2 is 2.50 bits per heavy atom. The Bertz CT molecular complexity index is 548. The molecule has 7 nitrogen and oxygen atoms in total. The van der Waals surface area contributed by atoms with Gasteiger partial charge < -0.3 is 20.3 Å². The molecular weight excluding hydrogens is 377 g/mol. The molecule has 20 heavy (non-hydrogen) atoms. The zero-order valence-electron chi connectivity index (χ0n) is 10.7. The average molecular weight is 393 g/mol. The maximum atomic E-state index is 11.9. The van der Waals surface area contributed by atoms with E-state index < -0.39 is 18.0 Å². The highest BCUT2D eigenvalue weighted by atomic mass is 127. The highest BCUT2D eigenvalue weighted by Gasteiger charge is 2.37. The molecule has 1 aromatic heterocycles. The van der Waals surface area contributed by atoms with E-state index in [1.54, 1.807) is 12.3 Å². The fourth-order valence-corrected chi connectivity index (χ4v) is 2.49. The normalized spacial score (nSPS) is 25.8. The summed E-state index contributed by atoms with van der Waals surface area (Å²) in [5.41, 5.74) is 5.11. The molecule has 0 spiro atoms. The molecule has 1 saturated heterocycles. The molecule has 1 fully saturated rings. The lowest BCUT2D eigenvalue weighted by molar-refractivity contribution is -0.0581. The van der Waals surface area contributed by atoms with E-state index in [0.29, 0.717) is 16.6 Å². The van der Waals surface area contributed by atoms with E-state index in [4.69, 9.17) is 15.2 Å². The number of nitrogen functional groups attached to an aromatic ring is 1. The summed E-state index contributed by atoms with van der Waals surface area (Å²) in [6.07, 6.45) is 2.41. The van der Waals surface area contributed by atoms with Crippen LogP contribution in [0.2, 0.25) is 0 Å². The molecule has 1 aliphatic heterocycles. The van der Waals surface area contributed by atoms with E-state index >= 15 is 0 Å². The molecule has 3 N–H and O–H groups in total. The van der Waals surface area contributed by atoms with Crippen molar-refractivity contribution in [2.75, 3.05) is 18.9 Å². The van der Waals surface area contributed by atoms with Crippen LogP contribution in [0.1, 0.15) is 12.6 Å². The van der Waals surface area contributed by atoms with Crippen LogP contribution in [0.15, 0.2) is 23.6 Å². The first-order valence-corrected chi connectivity index (χ1v) is 7.17. The third-order valence-corrected chi connectivity index (χ3v) is 3.86. The zero-order valence-corrected chi connectivity index (χ0v) is 12.9. The number of halogens is 1. The molecule has 0 radical (unpaired) electrons. The van der Waals surface area contributed by atoms with Crippen molar-refractivity contribution in [3.8, 4) is 0 Å². The van der Waals surface area contributed by atoms with Gasteiger partial charge in [0.2, 0.25) is 0 Å². The first-order valence-electron chi connectivity index (χ1n) is 6.09. The number of anilines is 1. The van der Waals surface area contributed by atoms with Crippen LogP contribution in [-0.4, -0.2) is 40.1 Å². The van der Waals surface area contributed by atoms with Crippen molar-refractivity contribution in [3.05, 3.63) is 32.9 Å². The lowest BCUT2D eigenvalue weighted by atomic mass is 10.2. The molecule has 8 heteroatoms. The zero-order chi connectivity index (χ0) is 14.7. The van der Waals surface area contributed by atoms with Crippen molar-refractivity contribution in [1.29, 1.82) is 0 Å². The molecule has 0 saturated carbocycles. The summed E-state index contributed by atoms with van der Waals surface area (Å²) in [4.78, 5) is 15.6. The maximum absolute atomic E-state index is 11.9. The standard InChI is InChI=1S/C12H16IN3O4/c1-2-3-19-8-4-10(20-9(8)6-17)16-5-7(13)11(14)15-12(16)18/h2,5,8-10,17H,1,3-4,6H2,(H2,14,15,18)/t8-,9+,10+/m0/s1. The smallest absolute Gasteiger partial charge is 0.351 e. The number of aromatic nitrogens is 2. The van der Waals surface area contributed by atoms with Crippen LogP contribution < -0.4 is 11.4 Å². The van der Waals surface area contributed by atoms with Crippen LogP contribution >= 0.6 is 22.6 Å². The topological polar surface area (TPSA) is 99.6 Å². The minimum Gasteiger partial charge on any atom is -0.394 e. The molecule has 1 aromatic rings. The van der Waals surface area contributed by atoms with Gasteiger partial charge in [-0.1, -0.05) is 6.08 Å². The van der Waals surface area contributed by atoms with Crippen LogP contribution in [0.3, 0.4) is 0 Å². The summed E-state index contributed by atoms with van der Waals surface area (Å²) in [6, 6.07) is 0. The van der Waals surface area contributed by atoms with Crippen LogP contribution in [0.5, 0.6) is 0 Å². The van der Waals surface area contributed by atoms with Gasteiger partial charge in [-0.25, -0.2) is 4.79 Å². The Morgan fingerprint density at radius 3 is 3.15 bits per heavy atom. The fourth-order valence-electron chi connectivity index (χ4n) is 2.07. The predicted octanol–water partition coefficient (Wildman–Crippen LogP) is 0.281. The monoisotopic (exact) mass is 393 g/mol. The van der Waals surface area contributed by atoms with Gasteiger partial charge in [-0.2, -0.15) is 4.98 Å². The summed E-state index contributed by atoms with van der Waals surface area (Å²) < 4.78 is 13.2. The third kappa shape index (κ3) is 3.19. The third-order valence-electron chi connectivity index (χ3n) is 3.03. The summed E-state index contributed by atoms with van der Waals surface area (Å²) in [5, 5.41) is 9.31. The van der Waals surface area contributed by atoms with Crippen molar-refractivity contribution in [2.45, 2.75) is 24.9 Å². The van der Waals surface area contributed by atoms with E-state index in [1.807, 2.05) is 22.6 Å². The number of rotatable bonds is 5. The molecule has 0 aliphatic carbocycles. The molecule has 2 heterocycles. The number of hydrogen-bond donors (Lipinski definition) is 2. The summed E-state index contributed by atoms with van der Waals surface area (Å²) >= 11 is 2.00. The van der Waals surface area contributed by atoms with E-state index in [0.717, 1.165) is 0 Å². The number of aliphatic hydroxyl groups excluding tert-OH is 1. The number of nitrogens with two attached hydrogens (primary N) is 1. The van der Waals surface area contributed by atoms with Gasteiger partial charge in [0.25, 0.3) is 0 Å². The molecule has 1 aliphatic rings. The fraction of sp³-hybridized carbons (Fsp3) is 0.500. The lowest BCUT2D eigenvalue weighted by Gasteiger charge is -2.15. The number of aliphatic hydroxyl groups is 1. The Hall–Kier alpha value is -0.970. The summed E-state index contributed by atoms with van der Waals surface area (Å²) in [5.74, 6) is 0.197. The molecule has 0 unspecified atom stereocenters. The Kier molecular flexibility index (Phi) is 5.13. The molecular formula is C12H16IN3O4. The number of hydrogen-bond acceptors (Lipinski definition) is 6. The maximum Gasteiger partial charge on any atom is 0.351 e. The number of nitrogens with zero attached hydrogens (tertiary/aromatic N) is 2.